The third-order valence-electron chi connectivity index (χ3n) is 2.93. The predicted octanol–water partition coefficient (Wildman–Crippen LogP) is 4.24. The van der Waals surface area contributed by atoms with E-state index in [1.165, 1.54) is 0 Å². The summed E-state index contributed by atoms with van der Waals surface area (Å²) in [6, 6.07) is 13.1. The molecule has 19 heavy (non-hydrogen) atoms. The third kappa shape index (κ3) is 3.87. The summed E-state index contributed by atoms with van der Waals surface area (Å²) >= 11 is 12.0. The molecule has 2 aromatic carbocycles. The first-order valence-electron chi connectivity index (χ1n) is 5.93. The minimum Gasteiger partial charge on any atom is -0.497 e. The van der Waals surface area contributed by atoms with Crippen LogP contribution in [-0.2, 0) is 6.42 Å². The number of rotatable bonds is 4. The molecule has 0 bridgehead atoms. The van der Waals surface area contributed by atoms with E-state index in [2.05, 4.69) is 0 Å². The van der Waals surface area contributed by atoms with Gasteiger partial charge in [-0.15, -0.1) is 0 Å². The van der Waals surface area contributed by atoms with E-state index in [4.69, 9.17) is 33.7 Å². The highest BCUT2D eigenvalue weighted by Crippen LogP contribution is 2.25. The Hall–Kier alpha value is -1.22. The summed E-state index contributed by atoms with van der Waals surface area (Å²) < 4.78 is 5.12. The molecule has 0 heterocycles. The van der Waals surface area contributed by atoms with Crippen LogP contribution in [0, 0.1) is 0 Å². The van der Waals surface area contributed by atoms with Crippen LogP contribution in [0.2, 0.25) is 10.0 Å². The molecular weight excluding hydrogens is 281 g/mol. The van der Waals surface area contributed by atoms with Crippen LogP contribution in [-0.4, -0.2) is 7.11 Å². The van der Waals surface area contributed by atoms with Gasteiger partial charge in [0.25, 0.3) is 0 Å². The summed E-state index contributed by atoms with van der Waals surface area (Å²) in [5.74, 6) is 0.836. The fourth-order valence-electron chi connectivity index (χ4n) is 1.92. The van der Waals surface area contributed by atoms with Gasteiger partial charge in [0.05, 0.1) is 7.11 Å². The van der Waals surface area contributed by atoms with Crippen molar-refractivity contribution in [3.63, 3.8) is 0 Å². The number of hydrogen-bond donors (Lipinski definition) is 1. The average molecular weight is 296 g/mol. The molecule has 2 aromatic rings. The number of methoxy groups -OCH3 is 1. The molecule has 0 amide bonds. The smallest absolute Gasteiger partial charge is 0.118 e. The van der Waals surface area contributed by atoms with Crippen LogP contribution in [0.1, 0.15) is 17.2 Å². The Morgan fingerprint density at radius 1 is 1.05 bits per heavy atom. The van der Waals surface area contributed by atoms with Crippen LogP contribution in [0.4, 0.5) is 0 Å². The summed E-state index contributed by atoms with van der Waals surface area (Å²) in [6.45, 7) is 0. The van der Waals surface area contributed by atoms with Gasteiger partial charge in [-0.3, -0.25) is 0 Å². The van der Waals surface area contributed by atoms with Crippen LogP contribution >= 0.6 is 23.2 Å². The minimum absolute atomic E-state index is 0.135. The monoisotopic (exact) mass is 295 g/mol. The van der Waals surface area contributed by atoms with Crippen LogP contribution in [0.5, 0.6) is 5.75 Å². The lowest BCUT2D eigenvalue weighted by molar-refractivity contribution is 0.414. The summed E-state index contributed by atoms with van der Waals surface area (Å²) in [7, 11) is 1.65. The maximum Gasteiger partial charge on any atom is 0.118 e. The van der Waals surface area contributed by atoms with Gasteiger partial charge in [-0.2, -0.15) is 0 Å². The SMILES string of the molecule is COc1ccc(CC(N)c2cc(Cl)cc(Cl)c2)cc1. The van der Waals surface area contributed by atoms with Crippen molar-refractivity contribution in [3.05, 3.63) is 63.6 Å². The van der Waals surface area contributed by atoms with E-state index in [-0.39, 0.29) is 6.04 Å². The fraction of sp³-hybridized carbons (Fsp3) is 0.200. The van der Waals surface area contributed by atoms with Crippen molar-refractivity contribution in [2.75, 3.05) is 7.11 Å². The summed E-state index contributed by atoms with van der Waals surface area (Å²) in [6.07, 6.45) is 0.723. The Labute approximate surface area is 123 Å². The van der Waals surface area contributed by atoms with Gasteiger partial charge in [0, 0.05) is 16.1 Å². The first-order chi connectivity index (χ1) is 9.08. The number of nitrogens with two attached hydrogens (primary N) is 1. The van der Waals surface area contributed by atoms with E-state index in [0.29, 0.717) is 10.0 Å². The van der Waals surface area contributed by atoms with Crippen molar-refractivity contribution in [1.29, 1.82) is 0 Å². The average Bonchev–Trinajstić information content (AvgIpc) is 2.38. The molecule has 0 radical (unpaired) electrons. The molecular formula is C15H15Cl2NO. The maximum atomic E-state index is 6.19. The molecule has 0 saturated heterocycles. The molecule has 2 nitrogen and oxygen atoms in total. The summed E-state index contributed by atoms with van der Waals surface area (Å²) in [4.78, 5) is 0. The summed E-state index contributed by atoms with van der Waals surface area (Å²) in [5.41, 5.74) is 8.27. The lowest BCUT2D eigenvalue weighted by atomic mass is 10.00. The molecule has 4 heteroatoms. The zero-order chi connectivity index (χ0) is 13.8. The Bertz CT molecular complexity index is 534. The number of halogens is 2. The Morgan fingerprint density at radius 2 is 1.63 bits per heavy atom. The van der Waals surface area contributed by atoms with Gasteiger partial charge in [0.2, 0.25) is 0 Å². The summed E-state index contributed by atoms with van der Waals surface area (Å²) in [5, 5.41) is 1.21. The topological polar surface area (TPSA) is 35.2 Å². The standard InChI is InChI=1S/C15H15Cl2NO/c1-19-14-4-2-10(3-5-14)6-15(18)11-7-12(16)9-13(17)8-11/h2-5,7-9,15H,6,18H2,1H3. The van der Waals surface area contributed by atoms with Crippen LogP contribution in [0.15, 0.2) is 42.5 Å². The van der Waals surface area contributed by atoms with E-state index >= 15 is 0 Å². The molecule has 0 spiro atoms. The molecule has 2 N–H and O–H groups in total. The quantitative estimate of drug-likeness (QED) is 0.915. The lowest BCUT2D eigenvalue weighted by Gasteiger charge is -2.13. The molecule has 0 aliphatic rings. The van der Waals surface area contributed by atoms with Crippen molar-refractivity contribution in [1.82, 2.24) is 0 Å². The largest absolute Gasteiger partial charge is 0.497 e. The normalized spacial score (nSPS) is 12.2. The van der Waals surface area contributed by atoms with Crippen LogP contribution < -0.4 is 10.5 Å². The zero-order valence-corrected chi connectivity index (χ0v) is 12.1. The molecule has 0 fully saturated rings. The van der Waals surface area contributed by atoms with Crippen molar-refractivity contribution >= 4 is 23.2 Å². The molecule has 100 valence electrons. The van der Waals surface area contributed by atoms with E-state index in [1.807, 2.05) is 36.4 Å². The van der Waals surface area contributed by atoms with Crippen molar-refractivity contribution in [3.8, 4) is 5.75 Å². The number of ether oxygens (including phenoxy) is 1. The van der Waals surface area contributed by atoms with Gasteiger partial charge >= 0.3 is 0 Å². The lowest BCUT2D eigenvalue weighted by Crippen LogP contribution is -2.13. The number of hydrogen-bond acceptors (Lipinski definition) is 2. The van der Waals surface area contributed by atoms with E-state index < -0.39 is 0 Å². The zero-order valence-electron chi connectivity index (χ0n) is 10.6. The van der Waals surface area contributed by atoms with Gasteiger partial charge in [-0.25, -0.2) is 0 Å². The second-order valence-electron chi connectivity index (χ2n) is 4.36. The first-order valence-corrected chi connectivity index (χ1v) is 6.68. The fourth-order valence-corrected chi connectivity index (χ4v) is 2.47. The highest BCUT2D eigenvalue weighted by atomic mass is 35.5. The molecule has 0 aromatic heterocycles. The molecule has 1 atom stereocenters. The van der Waals surface area contributed by atoms with Gasteiger partial charge < -0.3 is 10.5 Å². The third-order valence-corrected chi connectivity index (χ3v) is 3.36. The van der Waals surface area contributed by atoms with Crippen molar-refractivity contribution in [2.24, 2.45) is 5.73 Å². The first kappa shape index (κ1) is 14.2. The maximum absolute atomic E-state index is 6.19. The van der Waals surface area contributed by atoms with E-state index in [1.54, 1.807) is 13.2 Å². The van der Waals surface area contributed by atoms with E-state index in [0.717, 1.165) is 23.3 Å². The van der Waals surface area contributed by atoms with Gasteiger partial charge in [0.1, 0.15) is 5.75 Å². The Morgan fingerprint density at radius 3 is 2.16 bits per heavy atom. The second kappa shape index (κ2) is 6.29. The van der Waals surface area contributed by atoms with Gasteiger partial charge in [-0.05, 0) is 47.9 Å². The van der Waals surface area contributed by atoms with Crippen LogP contribution in [0.3, 0.4) is 0 Å². The van der Waals surface area contributed by atoms with E-state index in [9.17, 15) is 0 Å². The molecule has 0 saturated carbocycles. The Kier molecular flexibility index (Phi) is 4.70. The van der Waals surface area contributed by atoms with Gasteiger partial charge in [-0.1, -0.05) is 35.3 Å². The van der Waals surface area contributed by atoms with Crippen LogP contribution in [0.25, 0.3) is 0 Å². The predicted molar refractivity (Wildman–Crippen MR) is 80.1 cm³/mol. The highest BCUT2D eigenvalue weighted by Gasteiger charge is 2.09. The highest BCUT2D eigenvalue weighted by molar-refractivity contribution is 6.34. The molecule has 0 aliphatic heterocycles. The molecule has 1 unspecified atom stereocenters. The second-order valence-corrected chi connectivity index (χ2v) is 5.23. The van der Waals surface area contributed by atoms with Crippen molar-refractivity contribution < 1.29 is 4.74 Å². The minimum atomic E-state index is -0.135. The Balaban J connectivity index is 2.13. The van der Waals surface area contributed by atoms with Gasteiger partial charge in [0.15, 0.2) is 0 Å². The van der Waals surface area contributed by atoms with Crippen molar-refractivity contribution in [2.45, 2.75) is 12.5 Å². The molecule has 2 rings (SSSR count). The number of benzene rings is 2. The molecule has 0 aliphatic carbocycles.